The Balaban J connectivity index is 2.38. The molecule has 0 radical (unpaired) electrons. The highest BCUT2D eigenvalue weighted by molar-refractivity contribution is 7.92. The highest BCUT2D eigenvalue weighted by atomic mass is 35.5. The summed E-state index contributed by atoms with van der Waals surface area (Å²) in [4.78, 5) is 34.7. The summed E-state index contributed by atoms with van der Waals surface area (Å²) in [7, 11) is -4.09. The number of nitrogens with zero attached hydrogens (tertiary/aromatic N) is 1. The molecule has 11 heteroatoms. The Morgan fingerprint density at radius 1 is 1.23 bits per heavy atom. The number of para-hydroxylation sites is 1. The monoisotopic (exact) mass is 465 g/mol. The molecule has 0 heterocycles. The van der Waals surface area contributed by atoms with E-state index in [1.807, 2.05) is 0 Å². The molecule has 1 atom stereocenters. The molecule has 0 saturated heterocycles. The van der Waals surface area contributed by atoms with E-state index in [9.17, 15) is 22.8 Å². The SMILES string of the molecule is C=CCN(c1ccccc1)S(=O)(=O)c1ccc(Cl)c(C(=O)O[C@H](C)C(=O)NC(N)=O)c1. The van der Waals surface area contributed by atoms with Gasteiger partial charge in [0.15, 0.2) is 6.10 Å². The van der Waals surface area contributed by atoms with Gasteiger partial charge in [-0.1, -0.05) is 35.9 Å². The second-order valence-electron chi connectivity index (χ2n) is 6.20. The van der Waals surface area contributed by atoms with Gasteiger partial charge in [-0.05, 0) is 37.3 Å². The van der Waals surface area contributed by atoms with Gasteiger partial charge in [-0.2, -0.15) is 0 Å². The number of carbonyl (C=O) groups excluding carboxylic acids is 3. The van der Waals surface area contributed by atoms with Crippen LogP contribution in [0.3, 0.4) is 0 Å². The Labute approximate surface area is 184 Å². The van der Waals surface area contributed by atoms with Crippen molar-refractivity contribution in [3.05, 3.63) is 71.8 Å². The van der Waals surface area contributed by atoms with Gasteiger partial charge in [-0.25, -0.2) is 18.0 Å². The first-order valence-electron chi connectivity index (χ1n) is 8.87. The number of halogens is 1. The average Bonchev–Trinajstić information content (AvgIpc) is 2.72. The number of imide groups is 1. The minimum atomic E-state index is -4.09. The Morgan fingerprint density at radius 2 is 1.87 bits per heavy atom. The maximum Gasteiger partial charge on any atom is 0.340 e. The number of esters is 1. The summed E-state index contributed by atoms with van der Waals surface area (Å²) in [6.45, 7) is 4.79. The largest absolute Gasteiger partial charge is 0.449 e. The lowest BCUT2D eigenvalue weighted by molar-refractivity contribution is -0.127. The molecule has 0 saturated carbocycles. The first-order valence-corrected chi connectivity index (χ1v) is 10.7. The van der Waals surface area contributed by atoms with Crippen LogP contribution in [0.25, 0.3) is 0 Å². The highest BCUT2D eigenvalue weighted by Gasteiger charge is 2.27. The summed E-state index contributed by atoms with van der Waals surface area (Å²) >= 11 is 6.05. The number of benzene rings is 2. The number of hydrogen-bond donors (Lipinski definition) is 2. The van der Waals surface area contributed by atoms with Gasteiger partial charge < -0.3 is 10.5 Å². The lowest BCUT2D eigenvalue weighted by Gasteiger charge is -2.23. The number of ether oxygens (including phenoxy) is 1. The molecular weight excluding hydrogens is 446 g/mol. The molecule has 0 unspecified atom stereocenters. The van der Waals surface area contributed by atoms with E-state index in [2.05, 4.69) is 6.58 Å². The molecule has 2 rings (SSSR count). The van der Waals surface area contributed by atoms with E-state index < -0.39 is 34.0 Å². The standard InChI is InChI=1S/C20H20ClN3O6S/c1-3-11-24(14-7-5-4-6-8-14)31(28,29)15-9-10-17(21)16(12-15)19(26)30-13(2)18(25)23-20(22)27/h3-10,12-13H,1,11H2,2H3,(H3,22,23,25,27)/t13-/m1/s1. The molecule has 31 heavy (non-hydrogen) atoms. The number of amides is 3. The van der Waals surface area contributed by atoms with Crippen molar-refractivity contribution in [2.24, 2.45) is 5.73 Å². The molecule has 0 aliphatic carbocycles. The van der Waals surface area contributed by atoms with Gasteiger partial charge in [0.1, 0.15) is 0 Å². The number of primary amides is 1. The van der Waals surface area contributed by atoms with E-state index in [0.717, 1.165) is 10.4 Å². The van der Waals surface area contributed by atoms with E-state index in [1.165, 1.54) is 25.1 Å². The van der Waals surface area contributed by atoms with Crippen LogP contribution < -0.4 is 15.4 Å². The zero-order valence-electron chi connectivity index (χ0n) is 16.4. The quantitative estimate of drug-likeness (QED) is 0.454. The van der Waals surface area contributed by atoms with Crippen molar-refractivity contribution in [2.75, 3.05) is 10.8 Å². The normalized spacial score (nSPS) is 11.8. The number of sulfonamides is 1. The second kappa shape index (κ2) is 10.1. The number of nitrogens with one attached hydrogen (secondary N) is 1. The van der Waals surface area contributed by atoms with Crippen LogP contribution in [0.5, 0.6) is 0 Å². The predicted molar refractivity (Wildman–Crippen MR) is 115 cm³/mol. The maximum atomic E-state index is 13.2. The van der Waals surface area contributed by atoms with Gasteiger partial charge in [0.25, 0.3) is 15.9 Å². The van der Waals surface area contributed by atoms with Gasteiger partial charge in [0.2, 0.25) is 0 Å². The minimum Gasteiger partial charge on any atom is -0.449 e. The summed E-state index contributed by atoms with van der Waals surface area (Å²) in [5, 5.41) is 1.69. The van der Waals surface area contributed by atoms with Gasteiger partial charge in [-0.3, -0.25) is 14.4 Å². The van der Waals surface area contributed by atoms with Crippen molar-refractivity contribution < 1.29 is 27.5 Å². The third-order valence-corrected chi connectivity index (χ3v) is 6.10. The van der Waals surface area contributed by atoms with E-state index in [4.69, 9.17) is 22.1 Å². The Hall–Kier alpha value is -3.37. The van der Waals surface area contributed by atoms with Crippen LogP contribution in [0, 0.1) is 0 Å². The molecule has 3 N–H and O–H groups in total. The molecule has 3 amide bonds. The lowest BCUT2D eigenvalue weighted by atomic mass is 10.2. The fraction of sp³-hybridized carbons (Fsp3) is 0.150. The molecule has 0 aromatic heterocycles. The van der Waals surface area contributed by atoms with E-state index in [1.54, 1.807) is 35.6 Å². The predicted octanol–water partition coefficient (Wildman–Crippen LogP) is 2.46. The number of urea groups is 1. The highest BCUT2D eigenvalue weighted by Crippen LogP contribution is 2.27. The minimum absolute atomic E-state index is 0.0148. The van der Waals surface area contributed by atoms with Gasteiger partial charge in [0, 0.05) is 0 Å². The number of anilines is 1. The van der Waals surface area contributed by atoms with Crippen molar-refractivity contribution in [3.8, 4) is 0 Å². The van der Waals surface area contributed by atoms with Crippen LogP contribution in [0.2, 0.25) is 5.02 Å². The van der Waals surface area contributed by atoms with Gasteiger partial charge in [-0.15, -0.1) is 6.58 Å². The van der Waals surface area contributed by atoms with E-state index in [0.29, 0.717) is 5.69 Å². The van der Waals surface area contributed by atoms with Crippen molar-refractivity contribution in [1.82, 2.24) is 5.32 Å². The molecule has 2 aromatic carbocycles. The fourth-order valence-corrected chi connectivity index (χ4v) is 4.16. The van der Waals surface area contributed by atoms with E-state index >= 15 is 0 Å². The zero-order valence-corrected chi connectivity index (χ0v) is 18.0. The number of rotatable bonds is 8. The van der Waals surface area contributed by atoms with E-state index in [-0.39, 0.29) is 22.0 Å². The summed E-state index contributed by atoms with van der Waals surface area (Å²) in [6, 6.07) is 10.8. The molecule has 0 aliphatic rings. The molecule has 9 nitrogen and oxygen atoms in total. The summed E-state index contributed by atoms with van der Waals surface area (Å²) in [5.74, 6) is -1.99. The maximum absolute atomic E-state index is 13.2. The van der Waals surface area contributed by atoms with Crippen LogP contribution >= 0.6 is 11.6 Å². The summed E-state index contributed by atoms with van der Waals surface area (Å²) in [6.07, 6.45) is 0.0483. The molecule has 2 aromatic rings. The topological polar surface area (TPSA) is 136 Å². The Kier molecular flexibility index (Phi) is 7.78. The average molecular weight is 466 g/mol. The molecule has 0 fully saturated rings. The zero-order chi connectivity index (χ0) is 23.2. The lowest BCUT2D eigenvalue weighted by Crippen LogP contribution is -2.42. The van der Waals surface area contributed by atoms with Gasteiger partial charge in [0.05, 0.1) is 27.7 Å². The van der Waals surface area contributed by atoms with Crippen molar-refractivity contribution >= 4 is 45.2 Å². The third kappa shape index (κ3) is 5.83. The number of nitrogens with two attached hydrogens (primary N) is 1. The molecule has 0 aliphatic heterocycles. The van der Waals surface area contributed by atoms with Crippen LogP contribution in [-0.4, -0.2) is 39.0 Å². The third-order valence-electron chi connectivity index (χ3n) is 3.98. The van der Waals surface area contributed by atoms with Crippen LogP contribution in [-0.2, 0) is 19.6 Å². The van der Waals surface area contributed by atoms with Crippen molar-refractivity contribution in [3.63, 3.8) is 0 Å². The number of hydrogen-bond acceptors (Lipinski definition) is 6. The summed E-state index contributed by atoms with van der Waals surface area (Å²) in [5.41, 5.74) is 4.99. The van der Waals surface area contributed by atoms with Crippen molar-refractivity contribution in [2.45, 2.75) is 17.9 Å². The van der Waals surface area contributed by atoms with Crippen molar-refractivity contribution in [1.29, 1.82) is 0 Å². The molecular formula is C20H20ClN3O6S. The Morgan fingerprint density at radius 3 is 2.45 bits per heavy atom. The van der Waals surface area contributed by atoms with Crippen LogP contribution in [0.4, 0.5) is 10.5 Å². The smallest absolute Gasteiger partial charge is 0.340 e. The fourth-order valence-electron chi connectivity index (χ4n) is 2.50. The second-order valence-corrected chi connectivity index (χ2v) is 8.47. The molecule has 164 valence electrons. The first-order chi connectivity index (χ1) is 14.6. The molecule has 0 spiro atoms. The van der Waals surface area contributed by atoms with Crippen LogP contribution in [0.15, 0.2) is 66.1 Å². The number of carbonyl (C=O) groups is 3. The first kappa shape index (κ1) is 23.9. The summed E-state index contributed by atoms with van der Waals surface area (Å²) < 4.78 is 32.5. The van der Waals surface area contributed by atoms with Crippen LogP contribution in [0.1, 0.15) is 17.3 Å². The Bertz CT molecular complexity index is 1110. The molecule has 0 bridgehead atoms. The van der Waals surface area contributed by atoms with Gasteiger partial charge >= 0.3 is 12.0 Å².